The van der Waals surface area contributed by atoms with Gasteiger partial charge in [-0.15, -0.1) is 0 Å². The van der Waals surface area contributed by atoms with Gasteiger partial charge in [-0.3, -0.25) is 9.69 Å². The summed E-state index contributed by atoms with van der Waals surface area (Å²) in [6.07, 6.45) is 2.27. The molecule has 1 N–H and O–H groups in total. The third-order valence-corrected chi connectivity index (χ3v) is 3.09. The van der Waals surface area contributed by atoms with Crippen LogP contribution in [-0.4, -0.2) is 51.9 Å². The summed E-state index contributed by atoms with van der Waals surface area (Å²) in [5.41, 5.74) is 0. The third kappa shape index (κ3) is 2.85. The Morgan fingerprint density at radius 2 is 2.44 bits per heavy atom. The fraction of sp³-hybridized carbons (Fsp3) is 0.727. The fourth-order valence-corrected chi connectivity index (χ4v) is 2.23. The van der Waals surface area contributed by atoms with Crippen LogP contribution in [-0.2, 0) is 16.1 Å². The first kappa shape index (κ1) is 13.0. The lowest BCUT2D eigenvalue weighted by molar-refractivity contribution is -0.143. The Bertz CT molecular complexity index is 382. The maximum Gasteiger partial charge on any atom is 0.310 e. The van der Waals surface area contributed by atoms with Crippen molar-refractivity contribution in [2.75, 3.05) is 19.8 Å². The van der Waals surface area contributed by atoms with E-state index in [0.717, 1.165) is 13.0 Å². The lowest BCUT2D eigenvalue weighted by Gasteiger charge is -2.28. The van der Waals surface area contributed by atoms with Crippen molar-refractivity contribution in [3.8, 4) is 0 Å². The highest BCUT2D eigenvalue weighted by atomic mass is 16.5. The lowest BCUT2D eigenvalue weighted by Crippen LogP contribution is -2.43. The highest BCUT2D eigenvalue weighted by Gasteiger charge is 2.38. The molecule has 2 atom stereocenters. The lowest BCUT2D eigenvalue weighted by atomic mass is 10.0. The van der Waals surface area contributed by atoms with E-state index in [1.807, 2.05) is 11.8 Å². The summed E-state index contributed by atoms with van der Waals surface area (Å²) < 4.78 is 10.3. The van der Waals surface area contributed by atoms with Crippen LogP contribution in [0, 0.1) is 5.92 Å². The number of aromatic nitrogens is 2. The third-order valence-electron chi connectivity index (χ3n) is 3.09. The second-order valence-electron chi connectivity index (χ2n) is 4.36. The molecule has 0 amide bonds. The first-order valence-corrected chi connectivity index (χ1v) is 6.02. The summed E-state index contributed by atoms with van der Waals surface area (Å²) >= 11 is 0. The first-order valence-electron chi connectivity index (χ1n) is 6.02. The molecule has 100 valence electrons. The van der Waals surface area contributed by atoms with Gasteiger partial charge in [0.1, 0.15) is 0 Å². The molecule has 1 aliphatic heterocycles. The number of hydrogen-bond acceptors (Lipinski definition) is 6. The van der Waals surface area contributed by atoms with E-state index in [9.17, 15) is 4.79 Å². The Hall–Kier alpha value is -1.47. The van der Waals surface area contributed by atoms with Gasteiger partial charge in [-0.05, 0) is 13.0 Å². The van der Waals surface area contributed by atoms with Gasteiger partial charge >= 0.3 is 5.97 Å². The number of aliphatic carboxylic acids is 1. The molecular formula is C11H17N3O4. The van der Waals surface area contributed by atoms with Crippen molar-refractivity contribution >= 4 is 5.97 Å². The van der Waals surface area contributed by atoms with Crippen LogP contribution in [0.5, 0.6) is 0 Å². The minimum absolute atomic E-state index is 0.130. The molecule has 2 unspecified atom stereocenters. The molecule has 0 bridgehead atoms. The zero-order chi connectivity index (χ0) is 13.0. The standard InChI is InChI=1S/C11H17N3O4/c1-2-3-14(4-10-12-7-13-18-10)9-6-17-5-8(9)11(15)16/h7-9H,2-6H2,1H3,(H,15,16). The molecule has 1 aromatic heterocycles. The van der Waals surface area contributed by atoms with Gasteiger partial charge in [0, 0.05) is 6.04 Å². The van der Waals surface area contributed by atoms with Gasteiger partial charge in [-0.25, -0.2) is 0 Å². The molecular weight excluding hydrogens is 238 g/mol. The molecule has 0 aromatic carbocycles. The summed E-state index contributed by atoms with van der Waals surface area (Å²) in [5.74, 6) is -0.803. The molecule has 1 aromatic rings. The molecule has 0 spiro atoms. The van der Waals surface area contributed by atoms with Crippen LogP contribution in [0.1, 0.15) is 19.2 Å². The Morgan fingerprint density at radius 1 is 1.61 bits per heavy atom. The van der Waals surface area contributed by atoms with Crippen LogP contribution in [0.2, 0.25) is 0 Å². The zero-order valence-corrected chi connectivity index (χ0v) is 10.3. The molecule has 1 saturated heterocycles. The van der Waals surface area contributed by atoms with Gasteiger partial charge in [-0.2, -0.15) is 4.98 Å². The molecule has 7 nitrogen and oxygen atoms in total. The van der Waals surface area contributed by atoms with E-state index in [1.165, 1.54) is 6.33 Å². The van der Waals surface area contributed by atoms with Crippen molar-refractivity contribution in [2.45, 2.75) is 25.9 Å². The maximum absolute atomic E-state index is 11.2. The number of carboxylic acid groups (broad SMARTS) is 1. The van der Waals surface area contributed by atoms with Crippen molar-refractivity contribution in [3.63, 3.8) is 0 Å². The summed E-state index contributed by atoms with van der Waals surface area (Å²) in [7, 11) is 0. The minimum Gasteiger partial charge on any atom is -0.481 e. The maximum atomic E-state index is 11.2. The molecule has 0 aliphatic carbocycles. The van der Waals surface area contributed by atoms with Crippen molar-refractivity contribution in [3.05, 3.63) is 12.2 Å². The normalized spacial score (nSPS) is 23.7. The Labute approximate surface area is 105 Å². The Kier molecular flexibility index (Phi) is 4.27. The van der Waals surface area contributed by atoms with Crippen LogP contribution in [0.4, 0.5) is 0 Å². The van der Waals surface area contributed by atoms with E-state index >= 15 is 0 Å². The van der Waals surface area contributed by atoms with Gasteiger partial charge in [-0.1, -0.05) is 12.1 Å². The highest BCUT2D eigenvalue weighted by molar-refractivity contribution is 5.71. The predicted octanol–water partition coefficient (Wildman–Crippen LogP) is 0.381. The number of carboxylic acids is 1. The largest absolute Gasteiger partial charge is 0.481 e. The SMILES string of the molecule is CCCN(Cc1ncno1)C1COCC1C(=O)O. The second kappa shape index (κ2) is 5.92. The number of rotatable bonds is 6. The topological polar surface area (TPSA) is 88.7 Å². The van der Waals surface area contributed by atoms with Gasteiger partial charge in [0.25, 0.3) is 0 Å². The van der Waals surface area contributed by atoms with E-state index in [4.69, 9.17) is 14.4 Å². The van der Waals surface area contributed by atoms with Crippen LogP contribution < -0.4 is 0 Å². The van der Waals surface area contributed by atoms with E-state index in [2.05, 4.69) is 10.1 Å². The van der Waals surface area contributed by atoms with E-state index in [1.54, 1.807) is 0 Å². The van der Waals surface area contributed by atoms with Gasteiger partial charge < -0.3 is 14.4 Å². The summed E-state index contributed by atoms with van der Waals surface area (Å²) in [6.45, 7) is 3.99. The molecule has 0 saturated carbocycles. The Balaban J connectivity index is 2.06. The second-order valence-corrected chi connectivity index (χ2v) is 4.36. The summed E-state index contributed by atoms with van der Waals surface area (Å²) in [6, 6.07) is -0.130. The number of ether oxygens (including phenoxy) is 1. The molecule has 2 heterocycles. The van der Waals surface area contributed by atoms with Crippen molar-refractivity contribution in [2.24, 2.45) is 5.92 Å². The number of nitrogens with zero attached hydrogens (tertiary/aromatic N) is 3. The van der Waals surface area contributed by atoms with Gasteiger partial charge in [0.05, 0.1) is 25.7 Å². The van der Waals surface area contributed by atoms with E-state index in [-0.39, 0.29) is 12.6 Å². The number of carbonyl (C=O) groups is 1. The van der Waals surface area contributed by atoms with Crippen molar-refractivity contribution < 1.29 is 19.2 Å². The monoisotopic (exact) mass is 255 g/mol. The smallest absolute Gasteiger partial charge is 0.310 e. The van der Waals surface area contributed by atoms with Crippen LogP contribution in [0.15, 0.2) is 10.9 Å². The molecule has 0 radical (unpaired) electrons. The highest BCUT2D eigenvalue weighted by Crippen LogP contribution is 2.21. The predicted molar refractivity (Wildman–Crippen MR) is 60.7 cm³/mol. The van der Waals surface area contributed by atoms with E-state index in [0.29, 0.717) is 19.0 Å². The van der Waals surface area contributed by atoms with Crippen molar-refractivity contribution in [1.29, 1.82) is 0 Å². The van der Waals surface area contributed by atoms with Gasteiger partial charge in [0.15, 0.2) is 6.33 Å². The average molecular weight is 255 g/mol. The number of hydrogen-bond donors (Lipinski definition) is 1. The molecule has 7 heteroatoms. The van der Waals surface area contributed by atoms with Crippen LogP contribution >= 0.6 is 0 Å². The van der Waals surface area contributed by atoms with Crippen LogP contribution in [0.3, 0.4) is 0 Å². The van der Waals surface area contributed by atoms with E-state index < -0.39 is 11.9 Å². The summed E-state index contributed by atoms with van der Waals surface area (Å²) in [5, 5.41) is 12.7. The minimum atomic E-state index is -0.816. The molecule has 1 fully saturated rings. The Morgan fingerprint density at radius 3 is 3.06 bits per heavy atom. The fourth-order valence-electron chi connectivity index (χ4n) is 2.23. The average Bonchev–Trinajstić information content (AvgIpc) is 2.99. The van der Waals surface area contributed by atoms with Crippen molar-refractivity contribution in [1.82, 2.24) is 15.0 Å². The van der Waals surface area contributed by atoms with Crippen LogP contribution in [0.25, 0.3) is 0 Å². The summed E-state index contributed by atoms with van der Waals surface area (Å²) in [4.78, 5) is 17.2. The quantitative estimate of drug-likeness (QED) is 0.786. The molecule has 2 rings (SSSR count). The zero-order valence-electron chi connectivity index (χ0n) is 10.3. The first-order chi connectivity index (χ1) is 8.72. The molecule has 18 heavy (non-hydrogen) atoms. The van der Waals surface area contributed by atoms with Gasteiger partial charge in [0.2, 0.25) is 5.89 Å². The molecule has 1 aliphatic rings.